The fourth-order valence-corrected chi connectivity index (χ4v) is 3.27. The molecule has 0 bridgehead atoms. The summed E-state index contributed by atoms with van der Waals surface area (Å²) in [5.41, 5.74) is 1.45. The Morgan fingerprint density at radius 3 is 2.71 bits per heavy atom. The first-order valence-electron chi connectivity index (χ1n) is 7.81. The zero-order valence-corrected chi connectivity index (χ0v) is 15.3. The molecule has 1 saturated heterocycles. The van der Waals surface area contributed by atoms with Gasteiger partial charge in [0.05, 0.1) is 0 Å². The number of guanidine groups is 1. The second-order valence-corrected chi connectivity index (χ2v) is 6.24. The van der Waals surface area contributed by atoms with Gasteiger partial charge in [0, 0.05) is 32.1 Å². The molecule has 3 unspecified atom stereocenters. The van der Waals surface area contributed by atoms with Gasteiger partial charge in [-0.1, -0.05) is 37.3 Å². The number of nitrogens with one attached hydrogen (secondary N) is 1. The third kappa shape index (κ3) is 4.11. The smallest absolute Gasteiger partial charge is 0.193 e. The highest BCUT2D eigenvalue weighted by atomic mass is 127. The van der Waals surface area contributed by atoms with Gasteiger partial charge in [0.15, 0.2) is 5.96 Å². The molecule has 2 aliphatic rings. The van der Waals surface area contributed by atoms with Crippen LogP contribution < -0.4 is 5.32 Å². The Kier molecular flexibility index (Phi) is 5.90. The van der Waals surface area contributed by atoms with E-state index in [1.807, 2.05) is 7.05 Å². The maximum absolute atomic E-state index is 4.49. The highest BCUT2D eigenvalue weighted by Gasteiger charge is 2.39. The number of nitrogens with zero attached hydrogens (tertiary/aromatic N) is 2. The molecule has 4 heteroatoms. The summed E-state index contributed by atoms with van der Waals surface area (Å²) in [5, 5.41) is 3.66. The van der Waals surface area contributed by atoms with E-state index in [1.54, 1.807) is 0 Å². The Morgan fingerprint density at radius 1 is 1.29 bits per heavy atom. The van der Waals surface area contributed by atoms with Crippen LogP contribution >= 0.6 is 24.0 Å². The van der Waals surface area contributed by atoms with Gasteiger partial charge in [-0.15, -0.1) is 24.0 Å². The molecule has 0 spiro atoms. The van der Waals surface area contributed by atoms with Crippen molar-refractivity contribution in [3.63, 3.8) is 0 Å². The highest BCUT2D eigenvalue weighted by molar-refractivity contribution is 14.0. The Hall–Kier alpha value is -0.780. The molecule has 0 aromatic heterocycles. The first kappa shape index (κ1) is 16.6. The zero-order chi connectivity index (χ0) is 13.9. The van der Waals surface area contributed by atoms with E-state index in [2.05, 4.69) is 52.5 Å². The minimum Gasteiger partial charge on any atom is -0.353 e. The van der Waals surface area contributed by atoms with Crippen molar-refractivity contribution in [2.75, 3.05) is 20.1 Å². The van der Waals surface area contributed by atoms with Crippen LogP contribution in [0, 0.1) is 5.92 Å². The molecule has 1 aliphatic heterocycles. The largest absolute Gasteiger partial charge is 0.353 e. The van der Waals surface area contributed by atoms with E-state index in [4.69, 9.17) is 0 Å². The van der Waals surface area contributed by atoms with E-state index < -0.39 is 0 Å². The van der Waals surface area contributed by atoms with E-state index >= 15 is 0 Å². The molecular weight excluding hydrogens is 373 g/mol. The van der Waals surface area contributed by atoms with Gasteiger partial charge in [0.2, 0.25) is 0 Å². The fourth-order valence-electron chi connectivity index (χ4n) is 3.27. The highest BCUT2D eigenvalue weighted by Crippen LogP contribution is 2.40. The lowest BCUT2D eigenvalue weighted by molar-refractivity contribution is 0.265. The minimum absolute atomic E-state index is 0. The summed E-state index contributed by atoms with van der Waals surface area (Å²) in [5.74, 6) is 2.54. The fraction of sp³-hybridized carbons (Fsp3) is 0.588. The summed E-state index contributed by atoms with van der Waals surface area (Å²) in [7, 11) is 1.90. The van der Waals surface area contributed by atoms with Crippen molar-refractivity contribution in [3.05, 3.63) is 35.9 Å². The van der Waals surface area contributed by atoms with Crippen molar-refractivity contribution in [1.29, 1.82) is 0 Å². The predicted octanol–water partition coefficient (Wildman–Crippen LogP) is 3.47. The van der Waals surface area contributed by atoms with Crippen LogP contribution in [0.25, 0.3) is 0 Å². The number of benzene rings is 1. The average molecular weight is 399 g/mol. The summed E-state index contributed by atoms with van der Waals surface area (Å²) in [6.07, 6.45) is 3.87. The van der Waals surface area contributed by atoms with Crippen molar-refractivity contribution >= 4 is 29.9 Å². The molecule has 2 fully saturated rings. The molecule has 0 radical (unpaired) electrons. The topological polar surface area (TPSA) is 27.6 Å². The van der Waals surface area contributed by atoms with Crippen LogP contribution in [0.5, 0.6) is 0 Å². The van der Waals surface area contributed by atoms with Gasteiger partial charge in [0.25, 0.3) is 0 Å². The van der Waals surface area contributed by atoms with Crippen molar-refractivity contribution in [2.24, 2.45) is 10.9 Å². The quantitative estimate of drug-likeness (QED) is 0.469. The van der Waals surface area contributed by atoms with Gasteiger partial charge in [-0.3, -0.25) is 4.99 Å². The Balaban J connectivity index is 0.00000161. The maximum Gasteiger partial charge on any atom is 0.193 e. The number of likely N-dealkylation sites (tertiary alicyclic amines) is 1. The minimum atomic E-state index is 0. The summed E-state index contributed by atoms with van der Waals surface area (Å²) in [6.45, 7) is 4.62. The predicted molar refractivity (Wildman–Crippen MR) is 99.5 cm³/mol. The van der Waals surface area contributed by atoms with Crippen molar-refractivity contribution in [2.45, 2.75) is 38.1 Å². The summed E-state index contributed by atoms with van der Waals surface area (Å²) >= 11 is 0. The van der Waals surface area contributed by atoms with Gasteiger partial charge in [0.1, 0.15) is 0 Å². The molecular formula is C17H26IN3. The molecule has 116 valence electrons. The van der Waals surface area contributed by atoms with Crippen LogP contribution in [-0.2, 0) is 0 Å². The lowest BCUT2D eigenvalue weighted by Gasteiger charge is -2.33. The van der Waals surface area contributed by atoms with Crippen LogP contribution in [0.2, 0.25) is 0 Å². The van der Waals surface area contributed by atoms with Crippen LogP contribution in [0.3, 0.4) is 0 Å². The summed E-state index contributed by atoms with van der Waals surface area (Å²) in [4.78, 5) is 6.91. The second kappa shape index (κ2) is 7.47. The Morgan fingerprint density at radius 2 is 2.05 bits per heavy atom. The van der Waals surface area contributed by atoms with Crippen LogP contribution in [0.15, 0.2) is 35.3 Å². The first-order chi connectivity index (χ1) is 9.78. The van der Waals surface area contributed by atoms with Crippen molar-refractivity contribution in [1.82, 2.24) is 10.2 Å². The molecule has 21 heavy (non-hydrogen) atoms. The normalized spacial score (nSPS) is 28.8. The Bertz CT molecular complexity index is 474. The standard InChI is InChI=1S/C17H25N3.HI/c1-13-7-6-10-20(12-13)17(18-2)19-16-11-15(16)14-8-4-3-5-9-14;/h3-5,8-9,13,15-16H,6-7,10-12H2,1-2H3,(H,18,19);1H. The van der Waals surface area contributed by atoms with Gasteiger partial charge in [-0.05, 0) is 30.7 Å². The number of piperidine rings is 1. The SMILES string of the molecule is CN=C(NC1CC1c1ccccc1)N1CCCC(C)C1.I. The molecule has 3 atom stereocenters. The van der Waals surface area contributed by atoms with E-state index in [0.717, 1.165) is 25.0 Å². The third-order valence-electron chi connectivity index (χ3n) is 4.50. The van der Waals surface area contributed by atoms with Gasteiger partial charge in [-0.25, -0.2) is 0 Å². The first-order valence-corrected chi connectivity index (χ1v) is 7.81. The number of halogens is 1. The molecule has 3 rings (SSSR count). The summed E-state index contributed by atoms with van der Waals surface area (Å²) < 4.78 is 0. The van der Waals surface area contributed by atoms with E-state index in [0.29, 0.717) is 12.0 Å². The van der Waals surface area contributed by atoms with Gasteiger partial charge < -0.3 is 10.2 Å². The van der Waals surface area contributed by atoms with Gasteiger partial charge in [-0.2, -0.15) is 0 Å². The average Bonchev–Trinajstić information content (AvgIpc) is 3.25. The number of aliphatic imine (C=N–C) groups is 1. The molecule has 1 aliphatic carbocycles. The monoisotopic (exact) mass is 399 g/mol. The molecule has 3 nitrogen and oxygen atoms in total. The second-order valence-electron chi connectivity index (χ2n) is 6.24. The van der Waals surface area contributed by atoms with Gasteiger partial charge >= 0.3 is 0 Å². The van der Waals surface area contributed by atoms with E-state index in [9.17, 15) is 0 Å². The lowest BCUT2D eigenvalue weighted by atomic mass is 10.0. The maximum atomic E-state index is 4.49. The lowest BCUT2D eigenvalue weighted by Crippen LogP contribution is -2.47. The molecule has 1 aromatic carbocycles. The Labute approximate surface area is 145 Å². The van der Waals surface area contributed by atoms with E-state index in [-0.39, 0.29) is 24.0 Å². The number of hydrogen-bond acceptors (Lipinski definition) is 1. The van der Waals surface area contributed by atoms with E-state index in [1.165, 1.54) is 24.8 Å². The van der Waals surface area contributed by atoms with Crippen LogP contribution in [0.1, 0.15) is 37.7 Å². The van der Waals surface area contributed by atoms with Crippen molar-refractivity contribution in [3.8, 4) is 0 Å². The molecule has 1 heterocycles. The number of hydrogen-bond donors (Lipinski definition) is 1. The molecule has 0 amide bonds. The summed E-state index contributed by atoms with van der Waals surface area (Å²) in [6, 6.07) is 11.4. The molecule has 1 aromatic rings. The third-order valence-corrected chi connectivity index (χ3v) is 4.50. The zero-order valence-electron chi connectivity index (χ0n) is 13.0. The van der Waals surface area contributed by atoms with Crippen molar-refractivity contribution < 1.29 is 0 Å². The molecule has 1 saturated carbocycles. The number of rotatable bonds is 2. The van der Waals surface area contributed by atoms with Crippen LogP contribution in [0.4, 0.5) is 0 Å². The van der Waals surface area contributed by atoms with Crippen LogP contribution in [-0.4, -0.2) is 37.0 Å². The molecule has 1 N–H and O–H groups in total.